The van der Waals surface area contributed by atoms with Crippen molar-refractivity contribution in [3.8, 4) is 11.5 Å². The molecule has 0 unspecified atom stereocenters. The third-order valence-electron chi connectivity index (χ3n) is 4.79. The third kappa shape index (κ3) is 5.60. The van der Waals surface area contributed by atoms with Crippen LogP contribution >= 0.6 is 0 Å². The molecule has 1 aromatic carbocycles. The topological polar surface area (TPSA) is 111 Å². The van der Waals surface area contributed by atoms with E-state index in [0.717, 1.165) is 0 Å². The van der Waals surface area contributed by atoms with Crippen molar-refractivity contribution in [2.24, 2.45) is 5.92 Å². The molecular weight excluding hydrogens is 400 g/mol. The predicted molar refractivity (Wildman–Crippen MR) is 105 cm³/mol. The summed E-state index contributed by atoms with van der Waals surface area (Å²) < 4.78 is 43.0. The van der Waals surface area contributed by atoms with Crippen LogP contribution in [0.1, 0.15) is 26.7 Å². The molecule has 0 saturated carbocycles. The molecule has 162 valence electrons. The summed E-state index contributed by atoms with van der Waals surface area (Å²) in [6.45, 7) is 4.34. The molecule has 9 nitrogen and oxygen atoms in total. The lowest BCUT2D eigenvalue weighted by atomic mass is 9.96. The number of benzene rings is 1. The second kappa shape index (κ2) is 9.93. The van der Waals surface area contributed by atoms with Crippen LogP contribution in [0.15, 0.2) is 23.1 Å². The number of methoxy groups -OCH3 is 2. The summed E-state index contributed by atoms with van der Waals surface area (Å²) >= 11 is 0. The Labute approximate surface area is 171 Å². The van der Waals surface area contributed by atoms with E-state index in [1.165, 1.54) is 39.3 Å². The van der Waals surface area contributed by atoms with E-state index in [4.69, 9.17) is 14.2 Å². The minimum atomic E-state index is -3.94. The summed E-state index contributed by atoms with van der Waals surface area (Å²) in [6.07, 6.45) is 0.999. The molecule has 1 atom stereocenters. The number of rotatable bonds is 8. The molecule has 0 spiro atoms. The van der Waals surface area contributed by atoms with E-state index in [-0.39, 0.29) is 28.4 Å². The molecule has 1 saturated heterocycles. The highest BCUT2D eigenvalue weighted by Gasteiger charge is 2.31. The van der Waals surface area contributed by atoms with Gasteiger partial charge < -0.3 is 19.1 Å². The van der Waals surface area contributed by atoms with Gasteiger partial charge in [0.05, 0.1) is 37.7 Å². The van der Waals surface area contributed by atoms with Gasteiger partial charge in [0.1, 0.15) is 0 Å². The lowest BCUT2D eigenvalue weighted by molar-refractivity contribution is -0.151. The van der Waals surface area contributed by atoms with E-state index >= 15 is 0 Å². The molecule has 1 aromatic rings. The highest BCUT2D eigenvalue weighted by atomic mass is 32.2. The van der Waals surface area contributed by atoms with Crippen LogP contribution in [0.3, 0.4) is 0 Å². The minimum absolute atomic E-state index is 0.0316. The number of nitrogens with one attached hydrogen (secondary N) is 1. The Kier molecular flexibility index (Phi) is 7.86. The Balaban J connectivity index is 2.01. The number of carbonyl (C=O) groups is 2. The molecule has 29 heavy (non-hydrogen) atoms. The van der Waals surface area contributed by atoms with Gasteiger partial charge in [-0.05, 0) is 38.8 Å². The zero-order valence-electron chi connectivity index (χ0n) is 17.1. The Hall–Kier alpha value is -2.33. The van der Waals surface area contributed by atoms with Gasteiger partial charge in [-0.1, -0.05) is 0 Å². The van der Waals surface area contributed by atoms with Gasteiger partial charge >= 0.3 is 5.97 Å². The van der Waals surface area contributed by atoms with Crippen LogP contribution in [0.2, 0.25) is 0 Å². The monoisotopic (exact) mass is 428 g/mol. The fourth-order valence-electron chi connectivity index (χ4n) is 3.20. The Morgan fingerprint density at radius 3 is 2.34 bits per heavy atom. The molecule has 0 bridgehead atoms. The zero-order chi connectivity index (χ0) is 21.6. The standard InChI is InChI=1S/C19H28N2O7S/c1-5-28-19(23)14-8-10-21(11-9-14)18(22)13(2)20-29(24,25)15-6-7-16(26-3)17(12-15)27-4/h6-7,12-14,20H,5,8-11H2,1-4H3/t13-/m1/s1. The van der Waals surface area contributed by atoms with Gasteiger partial charge in [-0.2, -0.15) is 4.72 Å². The number of hydrogen-bond acceptors (Lipinski definition) is 7. The quantitative estimate of drug-likeness (QED) is 0.619. The summed E-state index contributed by atoms with van der Waals surface area (Å²) in [7, 11) is -1.07. The molecule has 2 rings (SSSR count). The fraction of sp³-hybridized carbons (Fsp3) is 0.579. The molecule has 1 amide bonds. The summed E-state index contributed by atoms with van der Waals surface area (Å²) in [5, 5.41) is 0. The van der Waals surface area contributed by atoms with Crippen LogP contribution in [-0.4, -0.2) is 65.2 Å². The van der Waals surface area contributed by atoms with Crippen LogP contribution in [0.4, 0.5) is 0 Å². The van der Waals surface area contributed by atoms with Crippen molar-refractivity contribution >= 4 is 21.9 Å². The number of nitrogens with zero attached hydrogens (tertiary/aromatic N) is 1. The summed E-state index contributed by atoms with van der Waals surface area (Å²) in [5.74, 6) is -0.133. The number of ether oxygens (including phenoxy) is 3. The fourth-order valence-corrected chi connectivity index (χ4v) is 4.42. The number of carbonyl (C=O) groups excluding carboxylic acids is 2. The first-order chi connectivity index (χ1) is 13.7. The number of hydrogen-bond donors (Lipinski definition) is 1. The van der Waals surface area contributed by atoms with Crippen molar-refractivity contribution < 1.29 is 32.2 Å². The second-order valence-corrected chi connectivity index (χ2v) is 8.43. The predicted octanol–water partition coefficient (Wildman–Crippen LogP) is 1.17. The Morgan fingerprint density at radius 1 is 1.17 bits per heavy atom. The Morgan fingerprint density at radius 2 is 1.79 bits per heavy atom. The molecule has 0 radical (unpaired) electrons. The van der Waals surface area contributed by atoms with Gasteiger partial charge in [0, 0.05) is 19.2 Å². The number of amides is 1. The summed E-state index contributed by atoms with van der Waals surface area (Å²) in [6, 6.07) is 3.25. The first-order valence-electron chi connectivity index (χ1n) is 9.43. The molecule has 1 fully saturated rings. The zero-order valence-corrected chi connectivity index (χ0v) is 18.0. The largest absolute Gasteiger partial charge is 0.493 e. The van der Waals surface area contributed by atoms with Crippen molar-refractivity contribution in [1.82, 2.24) is 9.62 Å². The maximum Gasteiger partial charge on any atom is 0.309 e. The van der Waals surface area contributed by atoms with Crippen molar-refractivity contribution in [2.45, 2.75) is 37.6 Å². The highest BCUT2D eigenvalue weighted by Crippen LogP contribution is 2.29. The normalized spacial score (nSPS) is 16.2. The molecule has 1 heterocycles. The maximum atomic E-state index is 12.7. The van der Waals surface area contributed by atoms with Crippen LogP contribution in [0.5, 0.6) is 11.5 Å². The molecule has 1 aliphatic rings. The van der Waals surface area contributed by atoms with E-state index in [0.29, 0.717) is 38.3 Å². The number of sulfonamides is 1. The number of esters is 1. The average molecular weight is 429 g/mol. The SMILES string of the molecule is CCOC(=O)C1CCN(C(=O)[C@@H](C)NS(=O)(=O)c2ccc(OC)c(OC)c2)CC1. The maximum absolute atomic E-state index is 12.7. The molecule has 1 N–H and O–H groups in total. The molecular formula is C19H28N2O7S. The van der Waals surface area contributed by atoms with Crippen LogP contribution in [-0.2, 0) is 24.3 Å². The molecule has 10 heteroatoms. The second-order valence-electron chi connectivity index (χ2n) is 6.71. The van der Waals surface area contributed by atoms with E-state index in [2.05, 4.69) is 4.72 Å². The van der Waals surface area contributed by atoms with Crippen LogP contribution in [0.25, 0.3) is 0 Å². The Bertz CT molecular complexity index is 833. The van der Waals surface area contributed by atoms with E-state index in [1.807, 2.05) is 0 Å². The van der Waals surface area contributed by atoms with E-state index < -0.39 is 16.1 Å². The van der Waals surface area contributed by atoms with Gasteiger partial charge in [-0.3, -0.25) is 9.59 Å². The van der Waals surface area contributed by atoms with Crippen molar-refractivity contribution in [1.29, 1.82) is 0 Å². The first kappa shape index (κ1) is 23.0. The minimum Gasteiger partial charge on any atom is -0.493 e. The summed E-state index contributed by atoms with van der Waals surface area (Å²) in [4.78, 5) is 26.0. The van der Waals surface area contributed by atoms with E-state index in [9.17, 15) is 18.0 Å². The van der Waals surface area contributed by atoms with Crippen LogP contribution < -0.4 is 14.2 Å². The van der Waals surface area contributed by atoms with Crippen molar-refractivity contribution in [3.63, 3.8) is 0 Å². The van der Waals surface area contributed by atoms with Crippen LogP contribution in [0, 0.1) is 5.92 Å². The molecule has 0 aliphatic carbocycles. The van der Waals surface area contributed by atoms with Gasteiger partial charge in [-0.15, -0.1) is 0 Å². The average Bonchev–Trinajstić information content (AvgIpc) is 2.72. The highest BCUT2D eigenvalue weighted by molar-refractivity contribution is 7.89. The number of likely N-dealkylation sites (tertiary alicyclic amines) is 1. The summed E-state index contributed by atoms with van der Waals surface area (Å²) in [5.41, 5.74) is 0. The molecule has 0 aromatic heterocycles. The smallest absolute Gasteiger partial charge is 0.309 e. The third-order valence-corrected chi connectivity index (χ3v) is 6.33. The first-order valence-corrected chi connectivity index (χ1v) is 10.9. The van der Waals surface area contributed by atoms with E-state index in [1.54, 1.807) is 11.8 Å². The lowest BCUT2D eigenvalue weighted by Crippen LogP contribution is -2.49. The van der Waals surface area contributed by atoms with Gasteiger partial charge in [0.25, 0.3) is 0 Å². The number of piperidine rings is 1. The van der Waals surface area contributed by atoms with Gasteiger partial charge in [0.15, 0.2) is 11.5 Å². The van der Waals surface area contributed by atoms with Gasteiger partial charge in [-0.25, -0.2) is 8.42 Å². The van der Waals surface area contributed by atoms with Crippen molar-refractivity contribution in [3.05, 3.63) is 18.2 Å². The van der Waals surface area contributed by atoms with Crippen molar-refractivity contribution in [2.75, 3.05) is 33.9 Å². The molecule has 1 aliphatic heterocycles. The van der Waals surface area contributed by atoms with Gasteiger partial charge in [0.2, 0.25) is 15.9 Å². The lowest BCUT2D eigenvalue weighted by Gasteiger charge is -2.32.